The van der Waals surface area contributed by atoms with Crippen molar-refractivity contribution >= 4 is 12.1 Å². The predicted molar refractivity (Wildman–Crippen MR) is 112 cm³/mol. The minimum atomic E-state index is -0.754. The summed E-state index contributed by atoms with van der Waals surface area (Å²) in [6.07, 6.45) is 7.71. The van der Waals surface area contributed by atoms with Crippen molar-refractivity contribution in [1.29, 1.82) is 0 Å². The van der Waals surface area contributed by atoms with E-state index < -0.39 is 23.9 Å². The van der Waals surface area contributed by atoms with Crippen LogP contribution in [-0.4, -0.2) is 61.3 Å². The van der Waals surface area contributed by atoms with Gasteiger partial charge in [-0.25, -0.2) is 9.59 Å². The average molecular weight is 426 g/mol. The maximum absolute atomic E-state index is 13.4. The van der Waals surface area contributed by atoms with Crippen molar-refractivity contribution in [2.75, 3.05) is 14.2 Å². The maximum atomic E-state index is 13.4. The monoisotopic (exact) mass is 425 g/mol. The normalized spacial score (nSPS) is 33.4. The van der Waals surface area contributed by atoms with E-state index in [0.29, 0.717) is 0 Å². The van der Waals surface area contributed by atoms with E-state index in [0.717, 1.165) is 51.4 Å². The lowest BCUT2D eigenvalue weighted by atomic mass is 9.80. The van der Waals surface area contributed by atoms with Crippen LogP contribution in [0.5, 0.6) is 0 Å². The first-order valence-corrected chi connectivity index (χ1v) is 11.5. The summed E-state index contributed by atoms with van der Waals surface area (Å²) < 4.78 is 22.8. The van der Waals surface area contributed by atoms with E-state index >= 15 is 0 Å². The Labute approximate surface area is 180 Å². The van der Waals surface area contributed by atoms with Crippen LogP contribution in [0, 0.1) is 11.8 Å². The van der Waals surface area contributed by atoms with Crippen molar-refractivity contribution in [3.63, 3.8) is 0 Å². The first-order valence-electron chi connectivity index (χ1n) is 11.5. The van der Waals surface area contributed by atoms with Crippen LogP contribution < -0.4 is 0 Å². The summed E-state index contributed by atoms with van der Waals surface area (Å²) in [7, 11) is 3.13. The fourth-order valence-corrected chi connectivity index (χ4v) is 5.36. The standard InChI is InChI=1S/C23H39NO6/c1-23(2,3)30-22(26)24-18(15-9-7-6-8-10-15)19(21(25)28-5)29-20(24)16-11-13-17(27-4)14-12-16/h15-20H,6-14H2,1-5H3/t16?,17?,18-,19+,20?/m0/s1. The summed E-state index contributed by atoms with van der Waals surface area (Å²) in [6, 6.07) is -0.335. The van der Waals surface area contributed by atoms with Gasteiger partial charge in [-0.2, -0.15) is 0 Å². The topological polar surface area (TPSA) is 74.3 Å². The Morgan fingerprint density at radius 3 is 2.07 bits per heavy atom. The third-order valence-corrected chi connectivity index (χ3v) is 6.82. The Balaban J connectivity index is 1.90. The van der Waals surface area contributed by atoms with Crippen molar-refractivity contribution < 1.29 is 28.5 Å². The molecule has 3 aliphatic rings. The highest BCUT2D eigenvalue weighted by Crippen LogP contribution is 2.42. The largest absolute Gasteiger partial charge is 0.467 e. The highest BCUT2D eigenvalue weighted by molar-refractivity contribution is 5.78. The first kappa shape index (κ1) is 23.3. The molecule has 30 heavy (non-hydrogen) atoms. The molecule has 1 heterocycles. The summed E-state index contributed by atoms with van der Waals surface area (Å²) in [5.74, 6) is -0.0208. The fraction of sp³-hybridized carbons (Fsp3) is 0.913. The van der Waals surface area contributed by atoms with Gasteiger partial charge in [0.25, 0.3) is 0 Å². The van der Waals surface area contributed by atoms with Gasteiger partial charge in [-0.1, -0.05) is 19.3 Å². The lowest BCUT2D eigenvalue weighted by Crippen LogP contribution is -2.52. The molecule has 0 aromatic rings. The van der Waals surface area contributed by atoms with Crippen LogP contribution in [0.25, 0.3) is 0 Å². The zero-order valence-corrected chi connectivity index (χ0v) is 19.2. The van der Waals surface area contributed by atoms with Crippen LogP contribution in [-0.2, 0) is 23.7 Å². The van der Waals surface area contributed by atoms with E-state index in [4.69, 9.17) is 18.9 Å². The molecule has 3 fully saturated rings. The van der Waals surface area contributed by atoms with Gasteiger partial charge in [0.1, 0.15) is 11.8 Å². The molecule has 0 aromatic heterocycles. The smallest absolute Gasteiger partial charge is 0.412 e. The second kappa shape index (κ2) is 9.86. The molecule has 1 unspecified atom stereocenters. The third-order valence-electron chi connectivity index (χ3n) is 6.82. The predicted octanol–water partition coefficient (Wildman–Crippen LogP) is 4.28. The molecule has 7 heteroatoms. The molecule has 0 N–H and O–H groups in total. The molecule has 3 rings (SSSR count). The van der Waals surface area contributed by atoms with Gasteiger partial charge in [-0.05, 0) is 65.2 Å². The number of hydrogen-bond donors (Lipinski definition) is 0. The summed E-state index contributed by atoms with van der Waals surface area (Å²) in [5, 5.41) is 0. The van der Waals surface area contributed by atoms with Crippen molar-refractivity contribution in [1.82, 2.24) is 4.90 Å². The summed E-state index contributed by atoms with van der Waals surface area (Å²) in [4.78, 5) is 27.9. The van der Waals surface area contributed by atoms with Crippen LogP contribution in [0.2, 0.25) is 0 Å². The number of nitrogens with zero attached hydrogens (tertiary/aromatic N) is 1. The Morgan fingerprint density at radius 2 is 1.53 bits per heavy atom. The second-order valence-corrected chi connectivity index (χ2v) is 10.0. The molecule has 0 aromatic carbocycles. The molecule has 0 spiro atoms. The summed E-state index contributed by atoms with van der Waals surface area (Å²) in [6.45, 7) is 5.61. The minimum Gasteiger partial charge on any atom is -0.467 e. The van der Waals surface area contributed by atoms with E-state index in [1.807, 2.05) is 20.8 Å². The first-order chi connectivity index (χ1) is 14.2. The van der Waals surface area contributed by atoms with Crippen LogP contribution in [0.3, 0.4) is 0 Å². The molecule has 7 nitrogen and oxygen atoms in total. The lowest BCUT2D eigenvalue weighted by molar-refractivity contribution is -0.156. The van der Waals surface area contributed by atoms with E-state index in [9.17, 15) is 9.59 Å². The summed E-state index contributed by atoms with van der Waals surface area (Å²) in [5.41, 5.74) is -0.615. The molecule has 1 amide bonds. The number of carbonyl (C=O) groups is 2. The zero-order valence-electron chi connectivity index (χ0n) is 19.2. The SMILES string of the molecule is COC(=O)[C@@H]1OC(C2CCC(OC)CC2)N(C(=O)OC(C)(C)C)[C@H]1C1CCCCC1. The average Bonchev–Trinajstić information content (AvgIpc) is 3.13. The highest BCUT2D eigenvalue weighted by Gasteiger charge is 2.55. The van der Waals surface area contributed by atoms with Gasteiger partial charge in [-0.15, -0.1) is 0 Å². The molecule has 0 bridgehead atoms. The van der Waals surface area contributed by atoms with Gasteiger partial charge >= 0.3 is 12.1 Å². The van der Waals surface area contributed by atoms with Gasteiger partial charge < -0.3 is 18.9 Å². The third kappa shape index (κ3) is 5.28. The number of esters is 1. The summed E-state index contributed by atoms with van der Waals surface area (Å²) >= 11 is 0. The van der Waals surface area contributed by atoms with Crippen molar-refractivity contribution in [3.05, 3.63) is 0 Å². The molecular formula is C23H39NO6. The van der Waals surface area contributed by atoms with Gasteiger partial charge in [0, 0.05) is 13.0 Å². The van der Waals surface area contributed by atoms with Crippen LogP contribution in [0.15, 0.2) is 0 Å². The molecular weight excluding hydrogens is 386 g/mol. The van der Waals surface area contributed by atoms with Gasteiger partial charge in [0.15, 0.2) is 6.10 Å². The van der Waals surface area contributed by atoms with E-state index in [2.05, 4.69) is 0 Å². The van der Waals surface area contributed by atoms with E-state index in [-0.39, 0.29) is 30.1 Å². The van der Waals surface area contributed by atoms with Crippen molar-refractivity contribution in [2.24, 2.45) is 11.8 Å². The number of amides is 1. The number of hydrogen-bond acceptors (Lipinski definition) is 6. The van der Waals surface area contributed by atoms with E-state index in [1.165, 1.54) is 13.5 Å². The number of rotatable bonds is 4. The number of ether oxygens (including phenoxy) is 4. The Kier molecular flexibility index (Phi) is 7.66. The van der Waals surface area contributed by atoms with E-state index in [1.54, 1.807) is 12.0 Å². The Hall–Kier alpha value is -1.34. The molecule has 1 saturated heterocycles. The molecule has 1 aliphatic heterocycles. The maximum Gasteiger partial charge on any atom is 0.412 e. The quantitative estimate of drug-likeness (QED) is 0.626. The number of carbonyl (C=O) groups excluding carboxylic acids is 2. The van der Waals surface area contributed by atoms with Gasteiger partial charge in [0.05, 0.1) is 19.3 Å². The molecule has 0 radical (unpaired) electrons. The van der Waals surface area contributed by atoms with Crippen molar-refractivity contribution in [2.45, 2.75) is 109 Å². The number of methoxy groups -OCH3 is 2. The fourth-order valence-electron chi connectivity index (χ4n) is 5.36. The van der Waals surface area contributed by atoms with Crippen LogP contribution >= 0.6 is 0 Å². The van der Waals surface area contributed by atoms with Gasteiger partial charge in [0.2, 0.25) is 0 Å². The van der Waals surface area contributed by atoms with Crippen molar-refractivity contribution in [3.8, 4) is 0 Å². The minimum absolute atomic E-state index is 0.157. The molecule has 3 atom stereocenters. The Morgan fingerprint density at radius 1 is 0.900 bits per heavy atom. The molecule has 172 valence electrons. The lowest BCUT2D eigenvalue weighted by Gasteiger charge is -2.39. The zero-order chi connectivity index (χ0) is 21.9. The molecule has 2 saturated carbocycles. The second-order valence-electron chi connectivity index (χ2n) is 10.0. The van der Waals surface area contributed by atoms with Gasteiger partial charge in [-0.3, -0.25) is 4.90 Å². The van der Waals surface area contributed by atoms with Crippen LogP contribution in [0.4, 0.5) is 4.79 Å². The van der Waals surface area contributed by atoms with Crippen LogP contribution in [0.1, 0.15) is 78.6 Å². The molecule has 2 aliphatic carbocycles. The Bertz CT molecular complexity index is 589. The highest BCUT2D eigenvalue weighted by atomic mass is 16.6.